The van der Waals surface area contributed by atoms with Gasteiger partial charge in [-0.3, -0.25) is 0 Å². The smallest absolute Gasteiger partial charge is 0.407 e. The molecule has 31 heavy (non-hydrogen) atoms. The van der Waals surface area contributed by atoms with Gasteiger partial charge in [0, 0.05) is 37.2 Å². The molecule has 8 heteroatoms. The molecule has 1 N–H and O–H groups in total. The van der Waals surface area contributed by atoms with Crippen molar-refractivity contribution in [3.05, 3.63) is 46.0 Å². The van der Waals surface area contributed by atoms with E-state index in [1.165, 1.54) is 5.56 Å². The van der Waals surface area contributed by atoms with E-state index in [1.54, 1.807) is 24.7 Å². The highest BCUT2D eigenvalue weighted by Crippen LogP contribution is 2.35. The molecule has 170 valence electrons. The number of hydrogen-bond acceptors (Lipinski definition) is 6. The second-order valence-electron chi connectivity index (χ2n) is 8.56. The van der Waals surface area contributed by atoms with E-state index in [2.05, 4.69) is 16.8 Å². The van der Waals surface area contributed by atoms with E-state index in [0.717, 1.165) is 67.2 Å². The Morgan fingerprint density at radius 1 is 1.26 bits per heavy atom. The Morgan fingerprint density at radius 2 is 2.13 bits per heavy atom. The number of fused-ring (bicyclic) bond motifs is 3. The number of ether oxygens (including phenoxy) is 3. The number of nitrogens with zero attached hydrogens (tertiary/aromatic N) is 1. The second kappa shape index (κ2) is 10.6. The zero-order valence-corrected chi connectivity index (χ0v) is 19.0. The number of quaternary nitrogens is 1. The van der Waals surface area contributed by atoms with Gasteiger partial charge in [0.25, 0.3) is 0 Å². The van der Waals surface area contributed by atoms with Crippen LogP contribution in [0.4, 0.5) is 4.79 Å². The van der Waals surface area contributed by atoms with Gasteiger partial charge in [0.15, 0.2) is 6.10 Å². The molecule has 0 aliphatic carbocycles. The van der Waals surface area contributed by atoms with Gasteiger partial charge in [0.2, 0.25) is 0 Å². The molecule has 3 saturated heterocycles. The van der Waals surface area contributed by atoms with Crippen LogP contribution in [0.5, 0.6) is 0 Å². The van der Waals surface area contributed by atoms with Gasteiger partial charge in [0.1, 0.15) is 18.8 Å². The van der Waals surface area contributed by atoms with Crippen LogP contribution in [0.15, 0.2) is 34.3 Å². The van der Waals surface area contributed by atoms with Gasteiger partial charge in [-0.1, -0.05) is 0 Å². The molecule has 2 aromatic rings. The molecule has 3 aliphatic rings. The number of carbonyl (C=O) groups is 1. The Hall–Kier alpha value is -1.87. The summed E-state index contributed by atoms with van der Waals surface area (Å²) in [4.78, 5) is 13.7. The maximum atomic E-state index is 12.6. The number of carbonyl (C=O) groups excluding carboxylic acids is 1. The molecule has 0 radical (unpaired) electrons. The maximum absolute atomic E-state index is 12.6. The highest BCUT2D eigenvalue weighted by atomic mass is 32.1. The van der Waals surface area contributed by atoms with Crippen molar-refractivity contribution in [2.45, 2.75) is 31.9 Å². The number of thiophene rings is 1. The van der Waals surface area contributed by atoms with Crippen molar-refractivity contribution in [1.29, 1.82) is 0 Å². The van der Waals surface area contributed by atoms with Crippen LogP contribution < -0.4 is 5.32 Å². The van der Waals surface area contributed by atoms with Gasteiger partial charge in [-0.15, -0.1) is 11.3 Å². The minimum atomic E-state index is -0.314. The summed E-state index contributed by atoms with van der Waals surface area (Å²) in [6, 6.07) is 5.95. The van der Waals surface area contributed by atoms with Crippen molar-refractivity contribution >= 4 is 17.4 Å². The number of nitrogens with one attached hydrogen (secondary N) is 1. The van der Waals surface area contributed by atoms with Crippen LogP contribution in [0.1, 0.15) is 29.0 Å². The molecule has 5 rings (SSSR count). The molecule has 7 nitrogen and oxygen atoms in total. The summed E-state index contributed by atoms with van der Waals surface area (Å²) in [6.45, 7) is 6.66. The molecule has 0 spiro atoms. The van der Waals surface area contributed by atoms with E-state index in [0.29, 0.717) is 25.7 Å². The molecule has 0 saturated carbocycles. The van der Waals surface area contributed by atoms with Gasteiger partial charge >= 0.3 is 6.09 Å². The Balaban J connectivity index is 1.24. The minimum Gasteiger partial charge on any atom is -0.469 e. The fraction of sp³-hybridized carbons (Fsp3) is 0.609. The lowest BCUT2D eigenvalue weighted by Gasteiger charge is -2.51. The fourth-order valence-electron chi connectivity index (χ4n) is 4.78. The summed E-state index contributed by atoms with van der Waals surface area (Å²) in [5, 5.41) is 5.02. The van der Waals surface area contributed by atoms with E-state index in [4.69, 9.17) is 18.6 Å². The zero-order valence-electron chi connectivity index (χ0n) is 18.2. The first-order chi connectivity index (χ1) is 15.2. The first-order valence-electron chi connectivity index (χ1n) is 11.1. The van der Waals surface area contributed by atoms with Crippen LogP contribution in [-0.2, 0) is 27.2 Å². The molecule has 5 heterocycles. The normalized spacial score (nSPS) is 24.9. The molecular weight excluding hydrogens is 416 g/mol. The minimum absolute atomic E-state index is 0.00704. The summed E-state index contributed by atoms with van der Waals surface area (Å²) >= 11 is 1.65. The SMILES string of the molecule is COCCOCC[N+]12CCC(CC1)[C@@H](OC(=O)NCc1sccc1Cc1ccco1)C2. The van der Waals surface area contributed by atoms with Gasteiger partial charge in [-0.2, -0.15) is 0 Å². The Bertz CT molecular complexity index is 814. The van der Waals surface area contributed by atoms with E-state index in [1.807, 2.05) is 12.1 Å². The Morgan fingerprint density at radius 3 is 2.90 bits per heavy atom. The number of furan rings is 1. The van der Waals surface area contributed by atoms with Crippen molar-refractivity contribution in [2.75, 3.05) is 53.1 Å². The summed E-state index contributed by atoms with van der Waals surface area (Å²) < 4.78 is 23.1. The zero-order chi connectivity index (χ0) is 21.5. The van der Waals surface area contributed by atoms with Crippen molar-refractivity contribution in [2.24, 2.45) is 5.92 Å². The van der Waals surface area contributed by atoms with Gasteiger partial charge in [0.05, 0.1) is 45.7 Å². The summed E-state index contributed by atoms with van der Waals surface area (Å²) in [7, 11) is 1.69. The van der Waals surface area contributed by atoms with Crippen LogP contribution in [0, 0.1) is 5.92 Å². The lowest BCUT2D eigenvalue weighted by atomic mass is 9.83. The molecule has 0 aromatic carbocycles. The first kappa shape index (κ1) is 22.3. The third-order valence-electron chi connectivity index (χ3n) is 6.62. The number of hydrogen-bond donors (Lipinski definition) is 1. The first-order valence-corrected chi connectivity index (χ1v) is 12.0. The quantitative estimate of drug-likeness (QED) is 0.420. The standard InChI is InChI=1S/C23H32N2O5S/c1-27-12-13-28-11-9-25-7-4-18(5-8-25)21(17-25)30-23(26)24-16-22-19(6-14-31-22)15-20-3-2-10-29-20/h2-3,6,10,14,18,21H,4-5,7-9,11-13,15-17H2,1H3/p+1/t18?,21-,25?/m0/s1. The third-order valence-corrected chi connectivity index (χ3v) is 7.58. The van der Waals surface area contributed by atoms with Gasteiger partial charge in [-0.05, 0) is 29.1 Å². The van der Waals surface area contributed by atoms with Crippen LogP contribution in [0.3, 0.4) is 0 Å². The number of alkyl carbamates (subject to hydrolysis) is 1. The van der Waals surface area contributed by atoms with Crippen molar-refractivity contribution in [3.8, 4) is 0 Å². The Kier molecular flexibility index (Phi) is 7.66. The maximum Gasteiger partial charge on any atom is 0.407 e. The van der Waals surface area contributed by atoms with Crippen LogP contribution in [0.25, 0.3) is 0 Å². The summed E-state index contributed by atoms with van der Waals surface area (Å²) in [6.07, 6.45) is 4.34. The van der Waals surface area contributed by atoms with Crippen LogP contribution in [-0.4, -0.2) is 69.8 Å². The highest BCUT2D eigenvalue weighted by molar-refractivity contribution is 7.10. The average molecular weight is 450 g/mol. The second-order valence-corrected chi connectivity index (χ2v) is 9.56. The van der Waals surface area contributed by atoms with Gasteiger partial charge < -0.3 is 28.4 Å². The predicted octanol–water partition coefficient (Wildman–Crippen LogP) is 3.43. The molecular formula is C23H33N2O5S+. The molecule has 1 atom stereocenters. The highest BCUT2D eigenvalue weighted by Gasteiger charge is 2.47. The topological polar surface area (TPSA) is 69.9 Å². The molecule has 3 aliphatic heterocycles. The molecule has 0 unspecified atom stereocenters. The number of methoxy groups -OCH3 is 1. The lowest BCUT2D eigenvalue weighted by molar-refractivity contribution is -0.946. The van der Waals surface area contributed by atoms with Crippen molar-refractivity contribution in [1.82, 2.24) is 5.32 Å². The molecule has 1 amide bonds. The molecule has 3 fully saturated rings. The van der Waals surface area contributed by atoms with E-state index >= 15 is 0 Å². The monoisotopic (exact) mass is 449 g/mol. The number of rotatable bonds is 11. The lowest BCUT2D eigenvalue weighted by Crippen LogP contribution is -2.65. The molecule has 2 aromatic heterocycles. The average Bonchev–Trinajstić information content (AvgIpc) is 3.45. The molecule has 2 bridgehead atoms. The van der Waals surface area contributed by atoms with Crippen molar-refractivity contribution < 1.29 is 27.9 Å². The Labute approximate surface area is 187 Å². The van der Waals surface area contributed by atoms with Crippen LogP contribution in [0.2, 0.25) is 0 Å². The van der Waals surface area contributed by atoms with Crippen LogP contribution >= 0.6 is 11.3 Å². The van der Waals surface area contributed by atoms with E-state index in [-0.39, 0.29) is 12.2 Å². The van der Waals surface area contributed by atoms with Gasteiger partial charge in [-0.25, -0.2) is 4.79 Å². The van der Waals surface area contributed by atoms with E-state index in [9.17, 15) is 4.79 Å². The van der Waals surface area contributed by atoms with Crippen molar-refractivity contribution in [3.63, 3.8) is 0 Å². The fourth-order valence-corrected chi connectivity index (χ4v) is 5.63. The summed E-state index contributed by atoms with van der Waals surface area (Å²) in [5.41, 5.74) is 1.18. The third kappa shape index (κ3) is 5.88. The predicted molar refractivity (Wildman–Crippen MR) is 118 cm³/mol. The number of amides is 1. The van der Waals surface area contributed by atoms with E-state index < -0.39 is 0 Å². The summed E-state index contributed by atoms with van der Waals surface area (Å²) in [5.74, 6) is 1.41. The largest absolute Gasteiger partial charge is 0.469 e. The number of piperidine rings is 3.